The lowest BCUT2D eigenvalue weighted by atomic mass is 9.65. The van der Waals surface area contributed by atoms with Gasteiger partial charge in [-0.15, -0.1) is 0 Å². The lowest BCUT2D eigenvalue weighted by Crippen LogP contribution is -2.29. The van der Waals surface area contributed by atoms with E-state index < -0.39 is 5.41 Å². The molecule has 0 aromatic heterocycles. The van der Waals surface area contributed by atoms with Crippen LogP contribution in [0.4, 0.5) is 17.1 Å². The van der Waals surface area contributed by atoms with Crippen molar-refractivity contribution >= 4 is 17.1 Å². The van der Waals surface area contributed by atoms with Crippen molar-refractivity contribution in [3.05, 3.63) is 270 Å². The van der Waals surface area contributed by atoms with Crippen LogP contribution in [-0.4, -0.2) is 0 Å². The quantitative estimate of drug-likeness (QED) is 0.167. The van der Waals surface area contributed by atoms with E-state index in [1.54, 1.807) is 0 Å². The summed E-state index contributed by atoms with van der Waals surface area (Å²) in [4.78, 5) is 2.46. The summed E-state index contributed by atoms with van der Waals surface area (Å²) in [6.07, 6.45) is 0. The Morgan fingerprint density at radius 1 is 0.277 bits per heavy atom. The standard InChI is InChI=1S/C64H45N/c1-63(2)55-25-12-11-24-54(55)62-59(63)29-16-30-61(62)65(46-36-31-43(32-37-46)42-17-4-3-5-18-42)47-38-33-44(34-39-47)45-35-40-53-52-23-10-15-28-58(52)64(60(53)41-45)56-26-13-8-21-50(56)48-19-6-7-20-49(48)51-22-9-14-27-57(51)64/h3-41H,1-2H3. The van der Waals surface area contributed by atoms with Crippen molar-refractivity contribution < 1.29 is 0 Å². The second-order valence-electron chi connectivity index (χ2n) is 18.4. The highest BCUT2D eigenvalue weighted by molar-refractivity contribution is 5.99. The number of benzene rings is 10. The van der Waals surface area contributed by atoms with Crippen molar-refractivity contribution in [2.75, 3.05) is 4.90 Å². The van der Waals surface area contributed by atoms with Gasteiger partial charge in [0.15, 0.2) is 0 Å². The summed E-state index contributed by atoms with van der Waals surface area (Å²) in [5, 5.41) is 0. The lowest BCUT2D eigenvalue weighted by Gasteiger charge is -2.35. The van der Waals surface area contributed by atoms with Crippen molar-refractivity contribution in [3.8, 4) is 66.8 Å². The Morgan fingerprint density at radius 3 is 1.25 bits per heavy atom. The van der Waals surface area contributed by atoms with Crippen LogP contribution in [0.1, 0.15) is 47.2 Å². The van der Waals surface area contributed by atoms with E-state index in [9.17, 15) is 0 Å². The monoisotopic (exact) mass is 827 g/mol. The van der Waals surface area contributed by atoms with Gasteiger partial charge >= 0.3 is 0 Å². The van der Waals surface area contributed by atoms with E-state index >= 15 is 0 Å². The van der Waals surface area contributed by atoms with Crippen LogP contribution in [0.3, 0.4) is 0 Å². The van der Waals surface area contributed by atoms with E-state index in [0.717, 1.165) is 11.4 Å². The van der Waals surface area contributed by atoms with Crippen LogP contribution in [0.15, 0.2) is 237 Å². The van der Waals surface area contributed by atoms with Crippen LogP contribution in [0, 0.1) is 0 Å². The van der Waals surface area contributed by atoms with E-state index in [4.69, 9.17) is 0 Å². The minimum atomic E-state index is -0.519. The third kappa shape index (κ3) is 5.39. The molecule has 306 valence electrons. The molecule has 0 unspecified atom stereocenters. The van der Waals surface area contributed by atoms with E-state index in [-0.39, 0.29) is 5.41 Å². The topological polar surface area (TPSA) is 3.24 Å². The predicted molar refractivity (Wildman–Crippen MR) is 271 cm³/mol. The molecule has 10 aromatic carbocycles. The van der Waals surface area contributed by atoms with Gasteiger partial charge in [0.1, 0.15) is 0 Å². The van der Waals surface area contributed by atoms with Crippen LogP contribution < -0.4 is 4.90 Å². The molecule has 0 amide bonds. The van der Waals surface area contributed by atoms with E-state index in [1.165, 1.54) is 106 Å². The molecule has 0 saturated heterocycles. The van der Waals surface area contributed by atoms with Crippen LogP contribution in [0.5, 0.6) is 0 Å². The van der Waals surface area contributed by atoms with Gasteiger partial charge in [0.25, 0.3) is 0 Å². The van der Waals surface area contributed by atoms with Gasteiger partial charge in [0.2, 0.25) is 0 Å². The Bertz CT molecular complexity index is 3430. The molecule has 13 rings (SSSR count). The van der Waals surface area contributed by atoms with Crippen molar-refractivity contribution in [1.82, 2.24) is 0 Å². The minimum absolute atomic E-state index is 0.111. The summed E-state index contributed by atoms with van der Waals surface area (Å²) < 4.78 is 0. The maximum Gasteiger partial charge on any atom is 0.0725 e. The normalized spacial score (nSPS) is 13.9. The number of anilines is 3. The number of rotatable bonds is 5. The number of nitrogens with zero attached hydrogens (tertiary/aromatic N) is 1. The molecule has 1 spiro atoms. The molecule has 10 aromatic rings. The van der Waals surface area contributed by atoms with Crippen molar-refractivity contribution in [3.63, 3.8) is 0 Å². The fraction of sp³-hybridized carbons (Fsp3) is 0.0625. The average Bonchev–Trinajstić information content (AvgIpc) is 3.75. The molecular weight excluding hydrogens is 783 g/mol. The zero-order valence-corrected chi connectivity index (χ0v) is 36.5. The van der Waals surface area contributed by atoms with Gasteiger partial charge < -0.3 is 4.90 Å². The molecule has 0 aliphatic heterocycles. The first-order chi connectivity index (χ1) is 32.0. The molecule has 0 N–H and O–H groups in total. The van der Waals surface area contributed by atoms with Crippen LogP contribution in [0.25, 0.3) is 66.8 Å². The Balaban J connectivity index is 0.983. The fourth-order valence-corrected chi connectivity index (χ4v) is 11.8. The molecule has 0 bridgehead atoms. The fourth-order valence-electron chi connectivity index (χ4n) is 11.8. The molecule has 0 saturated carbocycles. The second kappa shape index (κ2) is 14.3. The first kappa shape index (κ1) is 37.5. The third-order valence-electron chi connectivity index (χ3n) is 14.7. The molecule has 0 fully saturated rings. The summed E-state index contributed by atoms with van der Waals surface area (Å²) >= 11 is 0. The van der Waals surface area contributed by atoms with E-state index in [0.29, 0.717) is 0 Å². The molecule has 0 radical (unpaired) electrons. The van der Waals surface area contributed by atoms with Gasteiger partial charge in [-0.05, 0) is 131 Å². The number of fused-ring (bicyclic) bond motifs is 15. The molecule has 65 heavy (non-hydrogen) atoms. The lowest BCUT2D eigenvalue weighted by molar-refractivity contribution is 0.660. The van der Waals surface area contributed by atoms with Gasteiger partial charge in [-0.25, -0.2) is 0 Å². The van der Waals surface area contributed by atoms with Gasteiger partial charge in [-0.2, -0.15) is 0 Å². The summed E-state index contributed by atoms with van der Waals surface area (Å²) in [5.74, 6) is 0. The maximum absolute atomic E-state index is 2.50. The second-order valence-corrected chi connectivity index (χ2v) is 18.4. The molecule has 3 aliphatic rings. The Labute approximate surface area is 381 Å². The zero-order chi connectivity index (χ0) is 43.3. The smallest absolute Gasteiger partial charge is 0.0725 e. The first-order valence-electron chi connectivity index (χ1n) is 22.8. The highest BCUT2D eigenvalue weighted by Gasteiger charge is 2.49. The van der Waals surface area contributed by atoms with E-state index in [2.05, 4.69) is 255 Å². The van der Waals surface area contributed by atoms with Gasteiger partial charge in [-0.3, -0.25) is 0 Å². The molecule has 0 heterocycles. The van der Waals surface area contributed by atoms with Crippen molar-refractivity contribution in [1.29, 1.82) is 0 Å². The highest BCUT2D eigenvalue weighted by atomic mass is 15.1. The molecule has 1 nitrogen and oxygen atoms in total. The van der Waals surface area contributed by atoms with Crippen LogP contribution in [0.2, 0.25) is 0 Å². The van der Waals surface area contributed by atoms with Crippen LogP contribution in [-0.2, 0) is 10.8 Å². The molecule has 3 aliphatic carbocycles. The van der Waals surface area contributed by atoms with Crippen LogP contribution >= 0.6 is 0 Å². The first-order valence-corrected chi connectivity index (χ1v) is 22.8. The zero-order valence-electron chi connectivity index (χ0n) is 36.5. The molecule has 1 heteroatoms. The largest absolute Gasteiger partial charge is 0.310 e. The Morgan fingerprint density at radius 2 is 0.677 bits per heavy atom. The number of hydrogen-bond acceptors (Lipinski definition) is 1. The Kier molecular flexibility index (Phi) is 8.24. The summed E-state index contributed by atoms with van der Waals surface area (Å²) in [7, 11) is 0. The molecule has 0 atom stereocenters. The van der Waals surface area contributed by atoms with Gasteiger partial charge in [0.05, 0.1) is 11.1 Å². The summed E-state index contributed by atoms with van der Waals surface area (Å²) in [6, 6.07) is 88.3. The maximum atomic E-state index is 2.50. The van der Waals surface area contributed by atoms with Gasteiger partial charge in [-0.1, -0.05) is 214 Å². The SMILES string of the molecule is CC1(C)c2ccccc2-c2c(N(c3ccc(-c4ccccc4)cc3)c3ccc(-c4ccc5c(c4)C4(c6ccccc6-c6ccccc6-c6ccccc64)c4ccccc4-5)cc3)cccc21. The van der Waals surface area contributed by atoms with Crippen molar-refractivity contribution in [2.24, 2.45) is 0 Å². The van der Waals surface area contributed by atoms with E-state index in [1.807, 2.05) is 0 Å². The third-order valence-corrected chi connectivity index (χ3v) is 14.7. The minimum Gasteiger partial charge on any atom is -0.310 e. The average molecular weight is 828 g/mol. The predicted octanol–water partition coefficient (Wildman–Crippen LogP) is 16.8. The summed E-state index contributed by atoms with van der Waals surface area (Å²) in [5.41, 5.74) is 26.0. The summed E-state index contributed by atoms with van der Waals surface area (Å²) in [6.45, 7) is 4.72. The Hall–Kier alpha value is -8.00. The number of hydrogen-bond donors (Lipinski definition) is 0. The van der Waals surface area contributed by atoms with Gasteiger partial charge in [0, 0.05) is 22.4 Å². The van der Waals surface area contributed by atoms with Crippen molar-refractivity contribution in [2.45, 2.75) is 24.7 Å². The highest BCUT2D eigenvalue weighted by Crippen LogP contribution is 2.62. The molecular formula is C64H45N.